The number of nitrogens with one attached hydrogen (secondary N) is 1. The van der Waals surface area contributed by atoms with Gasteiger partial charge in [0.1, 0.15) is 5.75 Å². The maximum Gasteiger partial charge on any atom is 0.277 e. The van der Waals surface area contributed by atoms with Crippen molar-refractivity contribution in [3.8, 4) is 5.75 Å². The average Bonchev–Trinajstić information content (AvgIpc) is 2.84. The fraction of sp³-hybridized carbons (Fsp3) is 0.250. The van der Waals surface area contributed by atoms with E-state index < -0.39 is 0 Å². The summed E-state index contributed by atoms with van der Waals surface area (Å²) in [6.07, 6.45) is 0. The quantitative estimate of drug-likeness (QED) is 0.639. The number of anilines is 2. The van der Waals surface area contributed by atoms with E-state index in [1.165, 1.54) is 0 Å². The summed E-state index contributed by atoms with van der Waals surface area (Å²) in [5.41, 5.74) is 6.79. The molecule has 106 valence electrons. The van der Waals surface area contributed by atoms with Crippen molar-refractivity contribution in [2.45, 2.75) is 12.1 Å². The molecule has 20 heavy (non-hydrogen) atoms. The largest absolute Gasteiger partial charge is 0.497 e. The molecule has 1 aromatic heterocycles. The Morgan fingerprint density at radius 2 is 2.30 bits per heavy atom. The van der Waals surface area contributed by atoms with Gasteiger partial charge >= 0.3 is 0 Å². The van der Waals surface area contributed by atoms with Crippen LogP contribution in [0.5, 0.6) is 5.75 Å². The van der Waals surface area contributed by atoms with Gasteiger partial charge in [-0.1, -0.05) is 11.8 Å². The lowest BCUT2D eigenvalue weighted by Gasteiger charge is -2.08. The lowest BCUT2D eigenvalue weighted by atomic mass is 10.2. The summed E-state index contributed by atoms with van der Waals surface area (Å²) in [5, 5.41) is 10.5. The Hall–Kier alpha value is -2.22. The van der Waals surface area contributed by atoms with Crippen LogP contribution in [0.15, 0.2) is 27.8 Å². The number of amides is 1. The van der Waals surface area contributed by atoms with E-state index in [4.69, 9.17) is 14.9 Å². The van der Waals surface area contributed by atoms with E-state index in [0.29, 0.717) is 28.2 Å². The van der Waals surface area contributed by atoms with Crippen LogP contribution in [0.3, 0.4) is 0 Å². The number of benzene rings is 1. The lowest BCUT2D eigenvalue weighted by Crippen LogP contribution is -2.15. The minimum absolute atomic E-state index is 0.160. The molecule has 0 aliphatic carbocycles. The van der Waals surface area contributed by atoms with E-state index in [9.17, 15) is 4.79 Å². The first-order valence-corrected chi connectivity index (χ1v) is 6.73. The first-order chi connectivity index (χ1) is 9.58. The highest BCUT2D eigenvalue weighted by Crippen LogP contribution is 2.24. The van der Waals surface area contributed by atoms with Crippen molar-refractivity contribution in [3.05, 3.63) is 24.1 Å². The molecule has 0 atom stereocenters. The van der Waals surface area contributed by atoms with Gasteiger partial charge in [0.25, 0.3) is 5.22 Å². The minimum Gasteiger partial charge on any atom is -0.497 e. The highest BCUT2D eigenvalue weighted by Gasteiger charge is 2.10. The zero-order valence-electron chi connectivity index (χ0n) is 11.0. The molecule has 0 bridgehead atoms. The number of ether oxygens (including phenoxy) is 1. The van der Waals surface area contributed by atoms with Gasteiger partial charge in [0.05, 0.1) is 24.2 Å². The van der Waals surface area contributed by atoms with Crippen LogP contribution in [0.25, 0.3) is 0 Å². The summed E-state index contributed by atoms with van der Waals surface area (Å²) >= 11 is 1.16. The fourth-order valence-electron chi connectivity index (χ4n) is 1.43. The summed E-state index contributed by atoms with van der Waals surface area (Å²) < 4.78 is 10.2. The highest BCUT2D eigenvalue weighted by molar-refractivity contribution is 7.99. The minimum atomic E-state index is -0.206. The van der Waals surface area contributed by atoms with Gasteiger partial charge < -0.3 is 20.2 Å². The number of nitrogens with two attached hydrogens (primary N) is 1. The summed E-state index contributed by atoms with van der Waals surface area (Å²) in [5.74, 6) is 1.05. The monoisotopic (exact) mass is 294 g/mol. The number of rotatable bonds is 5. The smallest absolute Gasteiger partial charge is 0.277 e. The van der Waals surface area contributed by atoms with E-state index in [0.717, 1.165) is 11.8 Å². The number of hydrogen-bond acceptors (Lipinski definition) is 7. The van der Waals surface area contributed by atoms with Crippen molar-refractivity contribution < 1.29 is 13.9 Å². The molecule has 1 amide bonds. The van der Waals surface area contributed by atoms with E-state index in [2.05, 4.69) is 15.5 Å². The maximum absolute atomic E-state index is 11.8. The molecule has 0 fully saturated rings. The Morgan fingerprint density at radius 1 is 1.50 bits per heavy atom. The van der Waals surface area contributed by atoms with Gasteiger partial charge in [0.15, 0.2) is 0 Å². The molecule has 2 rings (SSSR count). The summed E-state index contributed by atoms with van der Waals surface area (Å²) in [6, 6.07) is 5.05. The second kappa shape index (κ2) is 6.29. The molecule has 0 unspecified atom stereocenters. The molecule has 0 saturated heterocycles. The zero-order chi connectivity index (χ0) is 14.5. The predicted molar refractivity (Wildman–Crippen MR) is 75.8 cm³/mol. The molecular formula is C12H14N4O3S. The van der Waals surface area contributed by atoms with Crippen LogP contribution in [0.2, 0.25) is 0 Å². The Bertz CT molecular complexity index is 614. The normalized spacial score (nSPS) is 10.3. The second-order valence-electron chi connectivity index (χ2n) is 3.88. The van der Waals surface area contributed by atoms with Gasteiger partial charge in [-0.05, 0) is 12.1 Å². The van der Waals surface area contributed by atoms with E-state index >= 15 is 0 Å². The van der Waals surface area contributed by atoms with E-state index in [-0.39, 0.29) is 11.7 Å². The van der Waals surface area contributed by atoms with E-state index in [1.807, 2.05) is 0 Å². The standard InChI is InChI=1S/C12H14N4O3S/c1-7-15-16-12(19-7)20-6-11(17)14-10-4-3-8(18-2)5-9(10)13/h3-5H,6,13H2,1-2H3,(H,14,17). The zero-order valence-corrected chi connectivity index (χ0v) is 11.9. The molecule has 0 radical (unpaired) electrons. The van der Waals surface area contributed by atoms with Crippen molar-refractivity contribution >= 4 is 29.0 Å². The van der Waals surface area contributed by atoms with Crippen LogP contribution in [-0.2, 0) is 4.79 Å². The predicted octanol–water partition coefficient (Wildman–Crippen LogP) is 1.70. The molecule has 0 aliphatic heterocycles. The van der Waals surface area contributed by atoms with Gasteiger partial charge in [-0.3, -0.25) is 4.79 Å². The molecule has 8 heteroatoms. The molecule has 3 N–H and O–H groups in total. The van der Waals surface area contributed by atoms with Crippen molar-refractivity contribution in [3.63, 3.8) is 0 Å². The molecular weight excluding hydrogens is 280 g/mol. The van der Waals surface area contributed by atoms with Gasteiger partial charge in [-0.25, -0.2) is 0 Å². The number of methoxy groups -OCH3 is 1. The van der Waals surface area contributed by atoms with Gasteiger partial charge in [0, 0.05) is 13.0 Å². The number of carbonyl (C=O) groups is 1. The first kappa shape index (κ1) is 14.2. The number of nitrogen functional groups attached to an aromatic ring is 1. The number of aryl methyl sites for hydroxylation is 1. The number of nitrogens with zero attached hydrogens (tertiary/aromatic N) is 2. The fourth-order valence-corrected chi connectivity index (χ4v) is 2.04. The Morgan fingerprint density at radius 3 is 2.90 bits per heavy atom. The number of thioether (sulfide) groups is 1. The van der Waals surface area contributed by atoms with Crippen molar-refractivity contribution in [2.24, 2.45) is 0 Å². The number of carbonyl (C=O) groups excluding carboxylic acids is 1. The van der Waals surface area contributed by atoms with Crippen molar-refractivity contribution in [1.82, 2.24) is 10.2 Å². The van der Waals surface area contributed by atoms with Crippen molar-refractivity contribution in [1.29, 1.82) is 0 Å². The van der Waals surface area contributed by atoms with Crippen LogP contribution < -0.4 is 15.8 Å². The molecule has 0 saturated carbocycles. The second-order valence-corrected chi connectivity index (χ2v) is 4.80. The summed E-state index contributed by atoms with van der Waals surface area (Å²) in [7, 11) is 1.55. The lowest BCUT2D eigenvalue weighted by molar-refractivity contribution is -0.113. The van der Waals surface area contributed by atoms with Crippen molar-refractivity contribution in [2.75, 3.05) is 23.9 Å². The third kappa shape index (κ3) is 3.64. The summed E-state index contributed by atoms with van der Waals surface area (Å²) in [6.45, 7) is 1.69. The Balaban J connectivity index is 1.91. The van der Waals surface area contributed by atoms with Crippen LogP contribution >= 0.6 is 11.8 Å². The average molecular weight is 294 g/mol. The first-order valence-electron chi connectivity index (χ1n) is 5.75. The van der Waals surface area contributed by atoms with Gasteiger partial charge in [-0.2, -0.15) is 0 Å². The number of aromatic nitrogens is 2. The maximum atomic E-state index is 11.8. The van der Waals surface area contributed by atoms with Gasteiger partial charge in [-0.15, -0.1) is 10.2 Å². The van der Waals surface area contributed by atoms with Gasteiger partial charge in [0.2, 0.25) is 11.8 Å². The highest BCUT2D eigenvalue weighted by atomic mass is 32.2. The Kier molecular flexibility index (Phi) is 4.46. The van der Waals surface area contributed by atoms with E-state index in [1.54, 1.807) is 32.2 Å². The van der Waals surface area contributed by atoms with Crippen LogP contribution in [-0.4, -0.2) is 29.0 Å². The molecule has 1 heterocycles. The summed E-state index contributed by atoms with van der Waals surface area (Å²) in [4.78, 5) is 11.8. The molecule has 0 spiro atoms. The third-order valence-electron chi connectivity index (χ3n) is 2.37. The molecule has 7 nitrogen and oxygen atoms in total. The molecule has 1 aromatic carbocycles. The topological polar surface area (TPSA) is 103 Å². The Labute approximate surface area is 119 Å². The van der Waals surface area contributed by atoms with Crippen LogP contribution in [0.1, 0.15) is 5.89 Å². The third-order valence-corrected chi connectivity index (χ3v) is 3.19. The van der Waals surface area contributed by atoms with Crippen LogP contribution in [0, 0.1) is 6.92 Å². The van der Waals surface area contributed by atoms with Crippen LogP contribution in [0.4, 0.5) is 11.4 Å². The number of hydrogen-bond donors (Lipinski definition) is 2. The SMILES string of the molecule is COc1ccc(NC(=O)CSc2nnc(C)o2)c(N)c1. The molecule has 2 aromatic rings. The molecule has 0 aliphatic rings.